The van der Waals surface area contributed by atoms with Gasteiger partial charge in [-0.2, -0.15) is 10.2 Å². The average Bonchev–Trinajstić information content (AvgIpc) is 3.41. The Morgan fingerprint density at radius 1 is 1.16 bits per heavy atom. The predicted molar refractivity (Wildman–Crippen MR) is 120 cm³/mol. The predicted octanol–water partition coefficient (Wildman–Crippen LogP) is 4.45. The second-order valence-electron chi connectivity index (χ2n) is 8.19. The highest BCUT2D eigenvalue weighted by atomic mass is 19.1. The minimum atomic E-state index is -0.458. The highest BCUT2D eigenvalue weighted by Crippen LogP contribution is 2.32. The Kier molecular flexibility index (Phi) is 5.18. The number of hydrogen-bond acceptors (Lipinski definition) is 5. The number of aromatic nitrogens is 5. The van der Waals surface area contributed by atoms with Gasteiger partial charge in [-0.05, 0) is 39.0 Å². The maximum Gasteiger partial charge on any atom is 0.143 e. The molecule has 0 bridgehead atoms. The highest BCUT2D eigenvalue weighted by Gasteiger charge is 2.20. The van der Waals surface area contributed by atoms with E-state index >= 15 is 0 Å². The Hall–Kier alpha value is -3.59. The Labute approximate surface area is 183 Å². The van der Waals surface area contributed by atoms with Crippen LogP contribution < -0.4 is 5.32 Å². The Morgan fingerprint density at radius 3 is 2.75 bits per heavy atom. The van der Waals surface area contributed by atoms with Gasteiger partial charge >= 0.3 is 0 Å². The van der Waals surface area contributed by atoms with E-state index in [1.54, 1.807) is 12.3 Å². The largest absolute Gasteiger partial charge is 0.353 e. The topological polar surface area (TPSA) is 74.7 Å². The monoisotopic (exact) mass is 435 g/mol. The maximum absolute atomic E-state index is 14.9. The lowest BCUT2D eigenvalue weighted by Crippen LogP contribution is -2.31. The van der Waals surface area contributed by atoms with Crippen LogP contribution in [-0.4, -0.2) is 50.0 Å². The third kappa shape index (κ3) is 3.87. The molecule has 7 nitrogen and oxygen atoms in total. The molecule has 1 saturated heterocycles. The smallest absolute Gasteiger partial charge is 0.143 e. The number of pyridine rings is 1. The van der Waals surface area contributed by atoms with Crippen LogP contribution in [0.3, 0.4) is 0 Å². The van der Waals surface area contributed by atoms with Crippen molar-refractivity contribution in [3.63, 3.8) is 0 Å². The number of benzene rings is 1. The quantitative estimate of drug-likeness (QED) is 0.485. The molecule has 0 radical (unpaired) electrons. The lowest BCUT2D eigenvalue weighted by Gasteiger charge is -2.28. The van der Waals surface area contributed by atoms with Crippen LogP contribution in [0.25, 0.3) is 27.7 Å². The number of aromatic amines is 1. The molecule has 1 fully saturated rings. The zero-order valence-electron chi connectivity index (χ0n) is 17.6. The average molecular weight is 435 g/mol. The van der Waals surface area contributed by atoms with Gasteiger partial charge in [-0.1, -0.05) is 6.58 Å². The van der Waals surface area contributed by atoms with Crippen molar-refractivity contribution in [3.05, 3.63) is 66.9 Å². The molecule has 164 valence electrons. The molecule has 4 aromatic rings. The van der Waals surface area contributed by atoms with Gasteiger partial charge in [0.1, 0.15) is 17.3 Å². The van der Waals surface area contributed by atoms with Crippen molar-refractivity contribution < 1.29 is 8.78 Å². The second kappa shape index (κ2) is 8.16. The first-order valence-electron chi connectivity index (χ1n) is 10.5. The summed E-state index contributed by atoms with van der Waals surface area (Å²) in [6.45, 7) is 6.06. The van der Waals surface area contributed by atoms with Gasteiger partial charge in [0.25, 0.3) is 0 Å². The zero-order valence-corrected chi connectivity index (χ0v) is 17.6. The van der Waals surface area contributed by atoms with Gasteiger partial charge in [-0.25, -0.2) is 8.78 Å². The fraction of sp³-hybridized carbons (Fsp3) is 0.261. The SMILES string of the molecule is C=C(Nc1cncc(F)c1)c1n[nH]c2cc(F)c(-c3cnn(C4CCN(C)CC4)c3)cc12. The van der Waals surface area contributed by atoms with Crippen molar-refractivity contribution in [1.29, 1.82) is 0 Å². The number of H-pyrrole nitrogens is 1. The molecule has 0 saturated carbocycles. The molecular formula is C23H23F2N7. The van der Waals surface area contributed by atoms with Crippen LogP contribution in [0.1, 0.15) is 24.6 Å². The van der Waals surface area contributed by atoms with E-state index in [4.69, 9.17) is 0 Å². The third-order valence-corrected chi connectivity index (χ3v) is 5.91. The summed E-state index contributed by atoms with van der Waals surface area (Å²) in [5.74, 6) is -0.816. The number of nitrogens with zero attached hydrogens (tertiary/aromatic N) is 5. The molecule has 3 aromatic heterocycles. The molecule has 0 amide bonds. The van der Waals surface area contributed by atoms with Crippen LogP contribution in [0.5, 0.6) is 0 Å². The number of rotatable bonds is 5. The van der Waals surface area contributed by atoms with Gasteiger partial charge in [-0.15, -0.1) is 0 Å². The van der Waals surface area contributed by atoms with E-state index in [2.05, 4.69) is 44.1 Å². The summed E-state index contributed by atoms with van der Waals surface area (Å²) in [5.41, 5.74) is 3.12. The number of piperidine rings is 1. The molecule has 5 rings (SSSR count). The van der Waals surface area contributed by atoms with Crippen LogP contribution in [0, 0.1) is 11.6 Å². The van der Waals surface area contributed by atoms with E-state index in [-0.39, 0.29) is 5.82 Å². The van der Waals surface area contributed by atoms with E-state index in [0.717, 1.165) is 32.1 Å². The van der Waals surface area contributed by atoms with Gasteiger partial charge in [0.2, 0.25) is 0 Å². The molecule has 1 aromatic carbocycles. The Balaban J connectivity index is 1.45. The second-order valence-corrected chi connectivity index (χ2v) is 8.19. The number of fused-ring (bicyclic) bond motifs is 1. The molecule has 0 unspecified atom stereocenters. The summed E-state index contributed by atoms with van der Waals surface area (Å²) in [5, 5.41) is 15.3. The number of nitrogens with one attached hydrogen (secondary N) is 2. The zero-order chi connectivity index (χ0) is 22.2. The van der Waals surface area contributed by atoms with E-state index in [1.807, 2.05) is 10.9 Å². The number of halogens is 2. The standard InChI is InChI=1S/C23H23F2N7/c1-14(28-17-7-16(24)11-26-12-17)23-20-8-19(21(25)9-22(20)29-30-23)15-10-27-32(13-15)18-3-5-31(2)6-4-18/h7-13,18,28H,1,3-6H2,2H3,(H,29,30). The summed E-state index contributed by atoms with van der Waals surface area (Å²) in [6.07, 6.45) is 8.26. The maximum atomic E-state index is 14.9. The van der Waals surface area contributed by atoms with Crippen LogP contribution in [0.15, 0.2) is 49.6 Å². The van der Waals surface area contributed by atoms with Gasteiger partial charge in [0.15, 0.2) is 0 Å². The van der Waals surface area contributed by atoms with Crippen molar-refractivity contribution in [2.24, 2.45) is 0 Å². The number of likely N-dealkylation sites (tertiary alicyclic amines) is 1. The summed E-state index contributed by atoms with van der Waals surface area (Å²) in [7, 11) is 2.12. The normalized spacial score (nSPS) is 15.3. The van der Waals surface area contributed by atoms with E-state index < -0.39 is 5.82 Å². The number of hydrogen-bond donors (Lipinski definition) is 2. The molecule has 4 heterocycles. The molecule has 1 aliphatic rings. The summed E-state index contributed by atoms with van der Waals surface area (Å²) >= 11 is 0. The fourth-order valence-corrected chi connectivity index (χ4v) is 4.14. The van der Waals surface area contributed by atoms with Crippen molar-refractivity contribution in [2.45, 2.75) is 18.9 Å². The van der Waals surface area contributed by atoms with Gasteiger partial charge in [0, 0.05) is 34.8 Å². The van der Waals surface area contributed by atoms with Crippen molar-refractivity contribution in [3.8, 4) is 11.1 Å². The third-order valence-electron chi connectivity index (χ3n) is 5.91. The first-order valence-corrected chi connectivity index (χ1v) is 10.5. The van der Waals surface area contributed by atoms with Gasteiger partial charge in [-0.3, -0.25) is 14.8 Å². The van der Waals surface area contributed by atoms with Gasteiger partial charge < -0.3 is 10.2 Å². The lowest BCUT2D eigenvalue weighted by atomic mass is 10.0. The lowest BCUT2D eigenvalue weighted by molar-refractivity contribution is 0.212. The minimum absolute atomic E-state index is 0.320. The fourth-order valence-electron chi connectivity index (χ4n) is 4.14. The van der Waals surface area contributed by atoms with Crippen molar-refractivity contribution >= 4 is 22.3 Å². The summed E-state index contributed by atoms with van der Waals surface area (Å²) in [6, 6.07) is 4.80. The molecule has 0 spiro atoms. The number of anilines is 1. The highest BCUT2D eigenvalue weighted by molar-refractivity contribution is 5.95. The van der Waals surface area contributed by atoms with Crippen LogP contribution >= 0.6 is 0 Å². The van der Waals surface area contributed by atoms with Crippen LogP contribution in [0.2, 0.25) is 0 Å². The van der Waals surface area contributed by atoms with E-state index in [1.165, 1.54) is 18.3 Å². The molecule has 0 aliphatic carbocycles. The van der Waals surface area contributed by atoms with E-state index in [0.29, 0.717) is 45.2 Å². The Bertz CT molecular complexity index is 1280. The molecule has 0 atom stereocenters. The molecule has 32 heavy (non-hydrogen) atoms. The summed E-state index contributed by atoms with van der Waals surface area (Å²) in [4.78, 5) is 6.12. The van der Waals surface area contributed by atoms with Crippen LogP contribution in [0.4, 0.5) is 14.5 Å². The van der Waals surface area contributed by atoms with Crippen molar-refractivity contribution in [2.75, 3.05) is 25.5 Å². The molecule has 9 heteroatoms. The van der Waals surface area contributed by atoms with Gasteiger partial charge in [0.05, 0.1) is 41.5 Å². The first-order chi connectivity index (χ1) is 15.5. The Morgan fingerprint density at radius 2 is 1.97 bits per heavy atom. The van der Waals surface area contributed by atoms with Crippen LogP contribution in [-0.2, 0) is 0 Å². The molecular weight excluding hydrogens is 412 g/mol. The van der Waals surface area contributed by atoms with Crippen molar-refractivity contribution in [1.82, 2.24) is 29.9 Å². The molecule has 1 aliphatic heterocycles. The summed E-state index contributed by atoms with van der Waals surface area (Å²) < 4.78 is 30.3. The molecule has 2 N–H and O–H groups in total. The first kappa shape index (κ1) is 20.3. The van der Waals surface area contributed by atoms with E-state index in [9.17, 15) is 8.78 Å². The minimum Gasteiger partial charge on any atom is -0.353 e.